The summed E-state index contributed by atoms with van der Waals surface area (Å²) in [4.78, 5) is 25.5. The van der Waals surface area contributed by atoms with Gasteiger partial charge < -0.3 is 9.84 Å². The molecule has 3 rings (SSSR count). The highest BCUT2D eigenvalue weighted by Crippen LogP contribution is 2.35. The minimum Gasteiger partial charge on any atom is -0.480 e. The van der Waals surface area contributed by atoms with Gasteiger partial charge in [-0.1, -0.05) is 67.6 Å². The molecule has 5 nitrogen and oxygen atoms in total. The molecule has 1 heterocycles. The number of hydrogen-bond donors (Lipinski definition) is 1. The summed E-state index contributed by atoms with van der Waals surface area (Å²) in [5.74, 6) is -0.725. The van der Waals surface area contributed by atoms with Crippen molar-refractivity contribution >= 4 is 12.1 Å². The van der Waals surface area contributed by atoms with Gasteiger partial charge in [-0.2, -0.15) is 0 Å². The molecule has 0 aromatic heterocycles. The summed E-state index contributed by atoms with van der Waals surface area (Å²) in [6.45, 7) is 2.61. The van der Waals surface area contributed by atoms with E-state index in [2.05, 4.69) is 6.92 Å². The molecule has 3 atom stereocenters. The highest BCUT2D eigenvalue weighted by molar-refractivity contribution is 5.80. The fourth-order valence-electron chi connectivity index (χ4n) is 3.50. The van der Waals surface area contributed by atoms with E-state index in [4.69, 9.17) is 4.74 Å². The second-order valence-corrected chi connectivity index (χ2v) is 6.74. The van der Waals surface area contributed by atoms with E-state index in [1.807, 2.05) is 60.7 Å². The molecule has 136 valence electrons. The van der Waals surface area contributed by atoms with Crippen LogP contribution in [0.5, 0.6) is 0 Å². The summed E-state index contributed by atoms with van der Waals surface area (Å²) in [6.07, 6.45) is -0.129. The molecule has 0 saturated carbocycles. The van der Waals surface area contributed by atoms with E-state index in [1.165, 1.54) is 4.90 Å². The van der Waals surface area contributed by atoms with E-state index < -0.39 is 18.1 Å². The fourth-order valence-corrected chi connectivity index (χ4v) is 3.50. The number of nitrogens with zero attached hydrogens (tertiary/aromatic N) is 1. The van der Waals surface area contributed by atoms with Gasteiger partial charge in [-0.25, -0.2) is 9.59 Å². The van der Waals surface area contributed by atoms with E-state index in [9.17, 15) is 14.7 Å². The lowest BCUT2D eigenvalue weighted by atomic mass is 9.86. The minimum absolute atomic E-state index is 0.0859. The van der Waals surface area contributed by atoms with Gasteiger partial charge in [0.1, 0.15) is 12.6 Å². The first-order chi connectivity index (χ1) is 12.6. The van der Waals surface area contributed by atoms with E-state index in [0.717, 1.165) is 11.1 Å². The number of carbonyl (C=O) groups excluding carboxylic acids is 1. The molecule has 0 spiro atoms. The Morgan fingerprint density at radius 2 is 1.73 bits per heavy atom. The molecule has 26 heavy (non-hydrogen) atoms. The maximum atomic E-state index is 12.5. The van der Waals surface area contributed by atoms with Crippen LogP contribution in [0.25, 0.3) is 0 Å². The van der Waals surface area contributed by atoms with Crippen LogP contribution in [0.15, 0.2) is 60.7 Å². The number of amides is 1. The first-order valence-electron chi connectivity index (χ1n) is 8.81. The number of hydrogen-bond acceptors (Lipinski definition) is 3. The van der Waals surface area contributed by atoms with Crippen molar-refractivity contribution in [2.24, 2.45) is 5.92 Å². The van der Waals surface area contributed by atoms with E-state index in [0.29, 0.717) is 13.0 Å². The summed E-state index contributed by atoms with van der Waals surface area (Å²) in [5.41, 5.74) is 2.03. The summed E-state index contributed by atoms with van der Waals surface area (Å²) in [5, 5.41) is 9.54. The molecule has 1 fully saturated rings. The Morgan fingerprint density at radius 1 is 1.12 bits per heavy atom. The molecular weight excluding hydrogens is 330 g/mol. The van der Waals surface area contributed by atoms with Gasteiger partial charge in [-0.05, 0) is 29.4 Å². The van der Waals surface area contributed by atoms with E-state index in [-0.39, 0.29) is 18.4 Å². The van der Waals surface area contributed by atoms with Crippen molar-refractivity contribution in [1.82, 2.24) is 4.90 Å². The second kappa shape index (κ2) is 8.04. The van der Waals surface area contributed by atoms with Crippen LogP contribution in [-0.2, 0) is 16.1 Å². The monoisotopic (exact) mass is 353 g/mol. The largest absolute Gasteiger partial charge is 0.480 e. The van der Waals surface area contributed by atoms with Gasteiger partial charge in [-0.15, -0.1) is 0 Å². The predicted molar refractivity (Wildman–Crippen MR) is 97.7 cm³/mol. The zero-order valence-electron chi connectivity index (χ0n) is 14.7. The normalized spacial score (nSPS) is 20.6. The average molecular weight is 353 g/mol. The standard InChI is InChI=1S/C21H23NO4/c1-15(17-10-6-3-7-11-17)18-12-19(20(23)24)22(13-18)21(25)26-14-16-8-4-2-5-9-16/h2-11,15,18-19H,12-14H2,1H3,(H,23,24)/t15?,18?,19-/m0/s1. The Labute approximate surface area is 153 Å². The molecule has 2 aromatic rings. The van der Waals surface area contributed by atoms with Crippen molar-refractivity contribution < 1.29 is 19.4 Å². The lowest BCUT2D eigenvalue weighted by Gasteiger charge is -2.22. The van der Waals surface area contributed by atoms with E-state index in [1.54, 1.807) is 0 Å². The van der Waals surface area contributed by atoms with Gasteiger partial charge in [-0.3, -0.25) is 4.90 Å². The predicted octanol–water partition coefficient (Wildman–Crippen LogP) is 3.90. The lowest BCUT2D eigenvalue weighted by Crippen LogP contribution is -2.40. The van der Waals surface area contributed by atoms with Crippen molar-refractivity contribution in [3.8, 4) is 0 Å². The minimum atomic E-state index is -0.982. The Hall–Kier alpha value is -2.82. The topological polar surface area (TPSA) is 66.8 Å². The van der Waals surface area contributed by atoms with Crippen LogP contribution in [-0.4, -0.2) is 34.7 Å². The summed E-state index contributed by atoms with van der Waals surface area (Å²) >= 11 is 0. The van der Waals surface area contributed by atoms with Crippen LogP contribution in [0.1, 0.15) is 30.4 Å². The van der Waals surface area contributed by atoms with Gasteiger partial charge in [0.2, 0.25) is 0 Å². The van der Waals surface area contributed by atoms with Crippen LogP contribution in [0, 0.1) is 5.92 Å². The molecule has 0 bridgehead atoms. The molecule has 0 radical (unpaired) electrons. The number of rotatable bonds is 5. The van der Waals surface area contributed by atoms with E-state index >= 15 is 0 Å². The molecule has 1 N–H and O–H groups in total. The van der Waals surface area contributed by atoms with Crippen LogP contribution in [0.4, 0.5) is 4.79 Å². The van der Waals surface area contributed by atoms with Crippen LogP contribution < -0.4 is 0 Å². The summed E-state index contributed by atoms with van der Waals surface area (Å²) < 4.78 is 5.35. The van der Waals surface area contributed by atoms with Gasteiger partial charge in [0.25, 0.3) is 0 Å². The third kappa shape index (κ3) is 4.04. The van der Waals surface area contributed by atoms with Crippen LogP contribution in [0.3, 0.4) is 0 Å². The highest BCUT2D eigenvalue weighted by atomic mass is 16.6. The van der Waals surface area contributed by atoms with Gasteiger partial charge in [0.05, 0.1) is 0 Å². The molecule has 5 heteroatoms. The maximum Gasteiger partial charge on any atom is 0.410 e. The lowest BCUT2D eigenvalue weighted by molar-refractivity contribution is -0.141. The Balaban J connectivity index is 1.67. The number of aliphatic carboxylic acids is 1. The molecule has 1 aliphatic heterocycles. The third-order valence-corrected chi connectivity index (χ3v) is 5.09. The molecule has 2 aromatic carbocycles. The number of likely N-dealkylation sites (tertiary alicyclic amines) is 1. The number of carboxylic acid groups (broad SMARTS) is 1. The number of carbonyl (C=O) groups is 2. The average Bonchev–Trinajstić information content (AvgIpc) is 3.13. The first-order valence-corrected chi connectivity index (χ1v) is 8.81. The van der Waals surface area contributed by atoms with Crippen molar-refractivity contribution in [3.63, 3.8) is 0 Å². The fraction of sp³-hybridized carbons (Fsp3) is 0.333. The highest BCUT2D eigenvalue weighted by Gasteiger charge is 2.42. The van der Waals surface area contributed by atoms with Crippen molar-refractivity contribution in [1.29, 1.82) is 0 Å². The van der Waals surface area contributed by atoms with Gasteiger partial charge in [0.15, 0.2) is 0 Å². The molecule has 2 unspecified atom stereocenters. The third-order valence-electron chi connectivity index (χ3n) is 5.09. The maximum absolute atomic E-state index is 12.5. The molecular formula is C21H23NO4. The van der Waals surface area contributed by atoms with Gasteiger partial charge in [0, 0.05) is 6.54 Å². The Bertz CT molecular complexity index is 747. The second-order valence-electron chi connectivity index (χ2n) is 6.74. The van der Waals surface area contributed by atoms with Crippen LogP contribution in [0.2, 0.25) is 0 Å². The number of carboxylic acids is 1. The number of benzene rings is 2. The molecule has 1 saturated heterocycles. The summed E-state index contributed by atoms with van der Waals surface area (Å²) in [7, 11) is 0. The van der Waals surface area contributed by atoms with Crippen LogP contribution >= 0.6 is 0 Å². The first kappa shape index (κ1) is 18.0. The molecule has 1 aliphatic rings. The SMILES string of the molecule is CC(c1ccccc1)C1C[C@@H](C(=O)O)N(C(=O)OCc2ccccc2)C1. The number of ether oxygens (including phenoxy) is 1. The summed E-state index contributed by atoms with van der Waals surface area (Å²) in [6, 6.07) is 18.5. The zero-order chi connectivity index (χ0) is 18.5. The van der Waals surface area contributed by atoms with Crippen molar-refractivity contribution in [2.75, 3.05) is 6.54 Å². The van der Waals surface area contributed by atoms with Crippen molar-refractivity contribution in [3.05, 3.63) is 71.8 Å². The Kier molecular flexibility index (Phi) is 5.56. The van der Waals surface area contributed by atoms with Gasteiger partial charge >= 0.3 is 12.1 Å². The molecule has 1 amide bonds. The van der Waals surface area contributed by atoms with Crippen molar-refractivity contribution in [2.45, 2.75) is 31.9 Å². The quantitative estimate of drug-likeness (QED) is 0.885. The zero-order valence-corrected chi connectivity index (χ0v) is 14.7. The molecule has 0 aliphatic carbocycles. The smallest absolute Gasteiger partial charge is 0.410 e. The Morgan fingerprint density at radius 3 is 2.35 bits per heavy atom.